The summed E-state index contributed by atoms with van der Waals surface area (Å²) in [5.74, 6) is -1.17. The van der Waals surface area contributed by atoms with Crippen LogP contribution in [0.5, 0.6) is 5.75 Å². The number of rotatable bonds is 4. The Kier molecular flexibility index (Phi) is 3.95. The van der Waals surface area contributed by atoms with E-state index < -0.39 is 11.9 Å². The molecule has 0 saturated carbocycles. The van der Waals surface area contributed by atoms with Crippen molar-refractivity contribution in [2.45, 2.75) is 0 Å². The molecule has 2 rings (SSSR count). The summed E-state index contributed by atoms with van der Waals surface area (Å²) in [4.78, 5) is 27.0. The van der Waals surface area contributed by atoms with E-state index in [1.54, 1.807) is 24.4 Å². The summed E-state index contributed by atoms with van der Waals surface area (Å²) >= 11 is 0. The highest BCUT2D eigenvalue weighted by Crippen LogP contribution is 2.22. The minimum absolute atomic E-state index is 0.0402. The largest absolute Gasteiger partial charge is 0.497 e. The zero-order valence-electron chi connectivity index (χ0n) is 10.7. The summed E-state index contributed by atoms with van der Waals surface area (Å²) in [7, 11) is 1.44. The number of carbonyl (C=O) groups excluding carboxylic acids is 1. The van der Waals surface area contributed by atoms with Gasteiger partial charge < -0.3 is 15.2 Å². The van der Waals surface area contributed by atoms with Gasteiger partial charge in [-0.05, 0) is 30.3 Å². The van der Waals surface area contributed by atoms with Crippen LogP contribution in [0.15, 0.2) is 42.7 Å². The van der Waals surface area contributed by atoms with Gasteiger partial charge in [-0.3, -0.25) is 9.78 Å². The Labute approximate surface area is 115 Å². The van der Waals surface area contributed by atoms with Crippen molar-refractivity contribution in [1.29, 1.82) is 0 Å². The quantitative estimate of drug-likeness (QED) is 0.889. The summed E-state index contributed by atoms with van der Waals surface area (Å²) in [6.07, 6.45) is 2.95. The molecule has 0 spiro atoms. The lowest BCUT2D eigenvalue weighted by atomic mass is 10.1. The van der Waals surface area contributed by atoms with Gasteiger partial charge in [0.2, 0.25) is 0 Å². The molecule has 0 radical (unpaired) electrons. The Bertz CT molecular complexity index is 641. The maximum Gasteiger partial charge on any atom is 0.337 e. The van der Waals surface area contributed by atoms with Crippen molar-refractivity contribution in [1.82, 2.24) is 4.98 Å². The molecule has 2 aromatic rings. The van der Waals surface area contributed by atoms with Crippen LogP contribution in [0.25, 0.3) is 0 Å². The molecule has 0 saturated heterocycles. The maximum atomic E-state index is 12.0. The van der Waals surface area contributed by atoms with Gasteiger partial charge in [0.25, 0.3) is 5.91 Å². The topological polar surface area (TPSA) is 88.5 Å². The number of hydrogen-bond donors (Lipinski definition) is 2. The van der Waals surface area contributed by atoms with Crippen LogP contribution in [0.3, 0.4) is 0 Å². The molecule has 0 aliphatic heterocycles. The highest BCUT2D eigenvalue weighted by molar-refractivity contribution is 6.07. The highest BCUT2D eigenvalue weighted by atomic mass is 16.5. The van der Waals surface area contributed by atoms with Crippen LogP contribution in [0.1, 0.15) is 20.7 Å². The number of methoxy groups -OCH3 is 1. The average molecular weight is 272 g/mol. The van der Waals surface area contributed by atoms with E-state index in [4.69, 9.17) is 9.84 Å². The molecule has 0 fully saturated rings. The van der Waals surface area contributed by atoms with Gasteiger partial charge in [0.1, 0.15) is 5.75 Å². The minimum atomic E-state index is -1.15. The van der Waals surface area contributed by atoms with Crippen LogP contribution in [0.4, 0.5) is 5.69 Å². The predicted octanol–water partition coefficient (Wildman–Crippen LogP) is 2.04. The summed E-state index contributed by atoms with van der Waals surface area (Å²) in [6, 6.07) is 7.62. The number of nitrogens with zero attached hydrogens (tertiary/aromatic N) is 1. The van der Waals surface area contributed by atoms with Crippen molar-refractivity contribution < 1.29 is 19.4 Å². The first-order chi connectivity index (χ1) is 9.61. The molecule has 1 heterocycles. The fourth-order valence-corrected chi connectivity index (χ4v) is 1.63. The zero-order chi connectivity index (χ0) is 14.5. The first-order valence-corrected chi connectivity index (χ1v) is 5.74. The van der Waals surface area contributed by atoms with Gasteiger partial charge in [0, 0.05) is 12.4 Å². The molecular weight excluding hydrogens is 260 g/mol. The molecule has 0 unspecified atom stereocenters. The second-order valence-electron chi connectivity index (χ2n) is 3.91. The molecule has 1 aromatic heterocycles. The molecule has 6 nitrogen and oxygen atoms in total. The van der Waals surface area contributed by atoms with E-state index in [2.05, 4.69) is 10.3 Å². The zero-order valence-corrected chi connectivity index (χ0v) is 10.7. The van der Waals surface area contributed by atoms with Crippen LogP contribution < -0.4 is 10.1 Å². The van der Waals surface area contributed by atoms with Crippen molar-refractivity contribution in [3.8, 4) is 5.75 Å². The lowest BCUT2D eigenvalue weighted by molar-refractivity contribution is 0.0697. The summed E-state index contributed by atoms with van der Waals surface area (Å²) in [5, 5.41) is 11.7. The molecule has 0 atom stereocenters. The lowest BCUT2D eigenvalue weighted by Crippen LogP contribution is -2.15. The number of nitrogens with one attached hydrogen (secondary N) is 1. The van der Waals surface area contributed by atoms with Gasteiger partial charge >= 0.3 is 5.97 Å². The number of carbonyl (C=O) groups is 2. The predicted molar refractivity (Wildman–Crippen MR) is 72.1 cm³/mol. The Morgan fingerprint density at radius 2 is 2.10 bits per heavy atom. The van der Waals surface area contributed by atoms with E-state index in [0.29, 0.717) is 11.3 Å². The van der Waals surface area contributed by atoms with Gasteiger partial charge in [0.05, 0.1) is 23.9 Å². The fraction of sp³-hybridized carbons (Fsp3) is 0.0714. The van der Waals surface area contributed by atoms with Crippen LogP contribution in [0, 0.1) is 0 Å². The second-order valence-corrected chi connectivity index (χ2v) is 3.91. The van der Waals surface area contributed by atoms with Gasteiger partial charge in [-0.1, -0.05) is 0 Å². The number of carboxylic acids is 1. The van der Waals surface area contributed by atoms with Gasteiger partial charge in [-0.25, -0.2) is 4.79 Å². The SMILES string of the molecule is COc1ccc(NC(=O)c2cccnc2)c(C(=O)O)c1. The Hall–Kier alpha value is -2.89. The van der Waals surface area contributed by atoms with Crippen molar-refractivity contribution in [3.63, 3.8) is 0 Å². The molecule has 1 amide bonds. The molecule has 0 aliphatic carbocycles. The molecule has 0 bridgehead atoms. The third-order valence-corrected chi connectivity index (χ3v) is 2.63. The van der Waals surface area contributed by atoms with E-state index in [1.807, 2.05) is 0 Å². The minimum Gasteiger partial charge on any atom is -0.497 e. The van der Waals surface area contributed by atoms with E-state index in [1.165, 1.54) is 25.4 Å². The maximum absolute atomic E-state index is 12.0. The number of aromatic carboxylic acids is 1. The Balaban J connectivity index is 2.29. The molecular formula is C14H12N2O4. The Morgan fingerprint density at radius 1 is 1.30 bits per heavy atom. The molecule has 1 aromatic carbocycles. The number of benzene rings is 1. The van der Waals surface area contributed by atoms with Gasteiger partial charge in [0.15, 0.2) is 0 Å². The van der Waals surface area contributed by atoms with Crippen molar-refractivity contribution >= 4 is 17.6 Å². The molecule has 6 heteroatoms. The standard InChI is InChI=1S/C14H12N2O4/c1-20-10-4-5-12(11(7-10)14(18)19)16-13(17)9-3-2-6-15-8-9/h2-8H,1H3,(H,16,17)(H,18,19). The van der Waals surface area contributed by atoms with Gasteiger partial charge in [-0.15, -0.1) is 0 Å². The number of aromatic nitrogens is 1. The lowest BCUT2D eigenvalue weighted by Gasteiger charge is -2.10. The van der Waals surface area contributed by atoms with E-state index in [0.717, 1.165) is 0 Å². The molecule has 20 heavy (non-hydrogen) atoms. The number of anilines is 1. The first-order valence-electron chi connectivity index (χ1n) is 5.74. The van der Waals surface area contributed by atoms with Crippen molar-refractivity contribution in [2.75, 3.05) is 12.4 Å². The monoisotopic (exact) mass is 272 g/mol. The number of ether oxygens (including phenoxy) is 1. The van der Waals surface area contributed by atoms with E-state index >= 15 is 0 Å². The first kappa shape index (κ1) is 13.5. The highest BCUT2D eigenvalue weighted by Gasteiger charge is 2.14. The third-order valence-electron chi connectivity index (χ3n) is 2.63. The summed E-state index contributed by atoms with van der Waals surface area (Å²) < 4.78 is 4.96. The summed E-state index contributed by atoms with van der Waals surface area (Å²) in [5.41, 5.74) is 0.508. The van der Waals surface area contributed by atoms with Crippen LogP contribution in [-0.4, -0.2) is 29.1 Å². The van der Waals surface area contributed by atoms with Crippen molar-refractivity contribution in [3.05, 3.63) is 53.9 Å². The number of carboxylic acid groups (broad SMARTS) is 1. The number of pyridine rings is 1. The van der Waals surface area contributed by atoms with Crippen molar-refractivity contribution in [2.24, 2.45) is 0 Å². The van der Waals surface area contributed by atoms with Crippen LogP contribution >= 0.6 is 0 Å². The molecule has 0 aliphatic rings. The van der Waals surface area contributed by atoms with Crippen LogP contribution in [-0.2, 0) is 0 Å². The second kappa shape index (κ2) is 5.83. The fourth-order valence-electron chi connectivity index (χ4n) is 1.63. The third kappa shape index (κ3) is 2.92. The van der Waals surface area contributed by atoms with Gasteiger partial charge in [-0.2, -0.15) is 0 Å². The van der Waals surface area contributed by atoms with E-state index in [-0.39, 0.29) is 11.3 Å². The Morgan fingerprint density at radius 3 is 2.70 bits per heavy atom. The average Bonchev–Trinajstić information content (AvgIpc) is 2.48. The molecule has 102 valence electrons. The molecule has 2 N–H and O–H groups in total. The summed E-state index contributed by atoms with van der Waals surface area (Å²) in [6.45, 7) is 0. The van der Waals surface area contributed by atoms with E-state index in [9.17, 15) is 9.59 Å². The number of hydrogen-bond acceptors (Lipinski definition) is 4. The smallest absolute Gasteiger partial charge is 0.337 e. The van der Waals surface area contributed by atoms with Crippen LogP contribution in [0.2, 0.25) is 0 Å². The normalized spacial score (nSPS) is 9.85. The number of amides is 1.